The molecule has 86 valence electrons. The van der Waals surface area contributed by atoms with E-state index in [0.717, 1.165) is 0 Å². The Morgan fingerprint density at radius 2 is 2.38 bits per heavy atom. The van der Waals surface area contributed by atoms with Crippen LogP contribution in [0.5, 0.6) is 0 Å². The minimum atomic E-state index is -0.484. The Morgan fingerprint density at radius 3 is 2.88 bits per heavy atom. The molecule has 1 aromatic heterocycles. The lowest BCUT2D eigenvalue weighted by Gasteiger charge is -1.95. The number of rotatable bonds is 4. The quantitative estimate of drug-likeness (QED) is 0.336. The molecule has 0 atom stereocenters. The van der Waals surface area contributed by atoms with Crippen molar-refractivity contribution in [2.45, 2.75) is 6.92 Å². The van der Waals surface area contributed by atoms with E-state index < -0.39 is 10.9 Å². The summed E-state index contributed by atoms with van der Waals surface area (Å²) in [5.74, 6) is -0.466. The van der Waals surface area contributed by atoms with Crippen LogP contribution in [-0.4, -0.2) is 22.1 Å². The van der Waals surface area contributed by atoms with Crippen molar-refractivity contribution in [2.24, 2.45) is 7.05 Å². The van der Waals surface area contributed by atoms with Crippen LogP contribution in [0.15, 0.2) is 18.3 Å². The van der Waals surface area contributed by atoms with Crippen LogP contribution in [0.1, 0.15) is 12.6 Å². The maximum atomic E-state index is 11.0. The number of nitrogens with zero attached hydrogens (tertiary/aromatic N) is 2. The first-order chi connectivity index (χ1) is 7.54. The molecule has 0 fully saturated rings. The number of nitro groups is 1. The molecule has 0 saturated heterocycles. The molecule has 0 spiro atoms. The fourth-order valence-electron chi connectivity index (χ4n) is 1.17. The van der Waals surface area contributed by atoms with Crippen LogP contribution in [0.2, 0.25) is 0 Å². The third-order valence-corrected chi connectivity index (χ3v) is 1.92. The molecule has 0 unspecified atom stereocenters. The molecular formula is C10H12N2O4. The van der Waals surface area contributed by atoms with Crippen LogP contribution in [0.3, 0.4) is 0 Å². The number of hydrogen-bond donors (Lipinski definition) is 0. The van der Waals surface area contributed by atoms with Gasteiger partial charge in [0, 0.05) is 24.9 Å². The molecular weight excluding hydrogens is 212 g/mol. The molecule has 0 aliphatic heterocycles. The maximum Gasteiger partial charge on any atom is 0.330 e. The van der Waals surface area contributed by atoms with Crippen molar-refractivity contribution in [2.75, 3.05) is 6.61 Å². The fourth-order valence-corrected chi connectivity index (χ4v) is 1.17. The summed E-state index contributed by atoms with van der Waals surface area (Å²) in [6, 6.07) is 1.38. The average molecular weight is 224 g/mol. The normalized spacial score (nSPS) is 10.6. The minimum Gasteiger partial charge on any atom is -0.463 e. The molecule has 0 aliphatic rings. The number of carbonyl (C=O) groups excluding carboxylic acids is 1. The Morgan fingerprint density at radius 1 is 1.69 bits per heavy atom. The highest BCUT2D eigenvalue weighted by atomic mass is 16.6. The van der Waals surface area contributed by atoms with E-state index in [4.69, 9.17) is 0 Å². The van der Waals surface area contributed by atoms with Gasteiger partial charge < -0.3 is 9.30 Å². The van der Waals surface area contributed by atoms with Gasteiger partial charge in [0.05, 0.1) is 17.7 Å². The zero-order valence-electron chi connectivity index (χ0n) is 9.04. The highest BCUT2D eigenvalue weighted by Gasteiger charge is 2.09. The van der Waals surface area contributed by atoms with Gasteiger partial charge in [0.2, 0.25) is 0 Å². The maximum absolute atomic E-state index is 11.0. The Kier molecular flexibility index (Phi) is 3.82. The Balaban J connectivity index is 2.81. The van der Waals surface area contributed by atoms with Crippen LogP contribution in [0.4, 0.5) is 5.69 Å². The summed E-state index contributed by atoms with van der Waals surface area (Å²) in [5.41, 5.74) is 0.561. The Bertz CT molecular complexity index is 434. The van der Waals surface area contributed by atoms with Crippen molar-refractivity contribution in [1.29, 1.82) is 0 Å². The predicted molar refractivity (Wildman–Crippen MR) is 57.7 cm³/mol. The Labute approximate surface area is 92.3 Å². The van der Waals surface area contributed by atoms with Gasteiger partial charge in [-0.15, -0.1) is 0 Å². The molecule has 6 heteroatoms. The predicted octanol–water partition coefficient (Wildman–Crippen LogP) is 1.51. The lowest BCUT2D eigenvalue weighted by Crippen LogP contribution is -1.99. The van der Waals surface area contributed by atoms with Crippen LogP contribution in [0, 0.1) is 10.1 Å². The molecule has 0 aromatic carbocycles. The lowest BCUT2D eigenvalue weighted by molar-refractivity contribution is -0.384. The largest absolute Gasteiger partial charge is 0.463 e. The summed E-state index contributed by atoms with van der Waals surface area (Å²) in [7, 11) is 1.66. The molecule has 6 nitrogen and oxygen atoms in total. The number of aromatic nitrogens is 1. The van der Waals surface area contributed by atoms with E-state index in [9.17, 15) is 14.9 Å². The summed E-state index contributed by atoms with van der Waals surface area (Å²) < 4.78 is 6.25. The second-order valence-electron chi connectivity index (χ2n) is 3.08. The molecule has 1 rings (SSSR count). The van der Waals surface area contributed by atoms with E-state index in [1.807, 2.05) is 0 Å². The average Bonchev–Trinajstić information content (AvgIpc) is 2.58. The van der Waals surface area contributed by atoms with Gasteiger partial charge in [-0.1, -0.05) is 0 Å². The van der Waals surface area contributed by atoms with Crippen LogP contribution in [-0.2, 0) is 16.6 Å². The molecule has 1 aromatic rings. The molecule has 0 bridgehead atoms. The first kappa shape index (κ1) is 12.0. The highest BCUT2D eigenvalue weighted by molar-refractivity contribution is 5.86. The molecule has 0 N–H and O–H groups in total. The van der Waals surface area contributed by atoms with E-state index in [2.05, 4.69) is 4.74 Å². The molecule has 1 heterocycles. The minimum absolute atomic E-state index is 0.00833. The number of esters is 1. The van der Waals surface area contributed by atoms with Gasteiger partial charge in [-0.2, -0.15) is 0 Å². The summed E-state index contributed by atoms with van der Waals surface area (Å²) >= 11 is 0. The van der Waals surface area contributed by atoms with Gasteiger partial charge in [-0.25, -0.2) is 4.79 Å². The van der Waals surface area contributed by atoms with Crippen LogP contribution < -0.4 is 0 Å². The third-order valence-electron chi connectivity index (χ3n) is 1.92. The number of carbonyl (C=O) groups is 1. The van der Waals surface area contributed by atoms with Gasteiger partial charge in [-0.3, -0.25) is 10.1 Å². The van der Waals surface area contributed by atoms with Crippen LogP contribution >= 0.6 is 0 Å². The van der Waals surface area contributed by atoms with E-state index in [1.54, 1.807) is 18.5 Å². The molecule has 0 saturated carbocycles. The molecule has 0 amide bonds. The monoisotopic (exact) mass is 224 g/mol. The third kappa shape index (κ3) is 2.94. The summed E-state index contributed by atoms with van der Waals surface area (Å²) in [4.78, 5) is 21.0. The number of aryl methyl sites for hydroxylation is 1. The fraction of sp³-hybridized carbons (Fsp3) is 0.300. The summed E-state index contributed by atoms with van der Waals surface area (Å²) in [6.07, 6.45) is 4.10. The van der Waals surface area contributed by atoms with E-state index in [0.29, 0.717) is 12.3 Å². The summed E-state index contributed by atoms with van der Waals surface area (Å²) in [5, 5.41) is 10.5. The van der Waals surface area contributed by atoms with Gasteiger partial charge in [0.15, 0.2) is 0 Å². The topological polar surface area (TPSA) is 74.4 Å². The van der Waals surface area contributed by atoms with Crippen molar-refractivity contribution in [3.63, 3.8) is 0 Å². The second kappa shape index (κ2) is 5.11. The zero-order chi connectivity index (χ0) is 12.1. The second-order valence-corrected chi connectivity index (χ2v) is 3.08. The first-order valence-electron chi connectivity index (χ1n) is 4.70. The van der Waals surface area contributed by atoms with E-state index in [-0.39, 0.29) is 5.69 Å². The van der Waals surface area contributed by atoms with Gasteiger partial charge >= 0.3 is 5.97 Å². The Hall–Kier alpha value is -2.11. The molecule has 16 heavy (non-hydrogen) atoms. The van der Waals surface area contributed by atoms with Gasteiger partial charge in [-0.05, 0) is 13.0 Å². The molecule has 0 aliphatic carbocycles. The lowest BCUT2D eigenvalue weighted by atomic mass is 10.3. The van der Waals surface area contributed by atoms with E-state index >= 15 is 0 Å². The highest BCUT2D eigenvalue weighted by Crippen LogP contribution is 2.16. The van der Waals surface area contributed by atoms with Crippen molar-refractivity contribution < 1.29 is 14.5 Å². The standard InChI is InChI=1S/C10H12N2O4/c1-3-16-10(13)5-4-8-6-9(12(14)15)7-11(8)2/h4-7H,3H2,1-2H3. The number of ether oxygens (including phenoxy) is 1. The van der Waals surface area contributed by atoms with Crippen molar-refractivity contribution >= 4 is 17.7 Å². The first-order valence-corrected chi connectivity index (χ1v) is 4.70. The number of hydrogen-bond acceptors (Lipinski definition) is 4. The van der Waals surface area contributed by atoms with Crippen molar-refractivity contribution in [1.82, 2.24) is 4.57 Å². The van der Waals surface area contributed by atoms with Crippen molar-refractivity contribution in [3.8, 4) is 0 Å². The van der Waals surface area contributed by atoms with Gasteiger partial charge in [0.1, 0.15) is 0 Å². The summed E-state index contributed by atoms with van der Waals surface area (Å²) in [6.45, 7) is 2.01. The van der Waals surface area contributed by atoms with Crippen molar-refractivity contribution in [3.05, 3.63) is 34.1 Å². The SMILES string of the molecule is CCOC(=O)C=Cc1cc([N+](=O)[O-])cn1C. The van der Waals surface area contributed by atoms with Crippen LogP contribution in [0.25, 0.3) is 6.08 Å². The van der Waals surface area contributed by atoms with Gasteiger partial charge in [0.25, 0.3) is 5.69 Å². The zero-order valence-corrected chi connectivity index (χ0v) is 9.04. The smallest absolute Gasteiger partial charge is 0.330 e. The molecule has 0 radical (unpaired) electrons. The van der Waals surface area contributed by atoms with E-state index in [1.165, 1.54) is 24.4 Å².